The van der Waals surface area contributed by atoms with Crippen molar-refractivity contribution in [2.24, 2.45) is 0 Å². The number of halogens is 1. The molecule has 0 aliphatic rings. The maximum Gasteiger partial charge on any atom is 0.352 e. The Hall–Kier alpha value is -3.02. The molecule has 2 aromatic carbocycles. The van der Waals surface area contributed by atoms with Gasteiger partial charge in [0.2, 0.25) is 0 Å². The first-order valence-corrected chi connectivity index (χ1v) is 9.74. The van der Waals surface area contributed by atoms with Crippen LogP contribution >= 0.6 is 11.6 Å². The number of furan rings is 1. The molecule has 0 atom stereocenters. The van der Waals surface area contributed by atoms with Crippen LogP contribution in [0.3, 0.4) is 0 Å². The van der Waals surface area contributed by atoms with E-state index in [4.69, 9.17) is 16.0 Å². The molecule has 0 radical (unpaired) electrons. The summed E-state index contributed by atoms with van der Waals surface area (Å²) in [4.78, 5) is 12.2. The molecule has 6 heteroatoms. The number of hydrogen-bond donors (Lipinski definition) is 2. The van der Waals surface area contributed by atoms with Gasteiger partial charge < -0.3 is 19.4 Å². The molecule has 29 heavy (non-hydrogen) atoms. The lowest BCUT2D eigenvalue weighted by Gasteiger charge is -2.10. The van der Waals surface area contributed by atoms with Gasteiger partial charge in [0.1, 0.15) is 17.2 Å². The summed E-state index contributed by atoms with van der Waals surface area (Å²) in [6.45, 7) is 3.31. The number of aromatic nitrogens is 1. The highest BCUT2D eigenvalue weighted by Gasteiger charge is 2.22. The minimum absolute atomic E-state index is 0.296. The quantitative estimate of drug-likeness (QED) is 0.439. The maximum absolute atomic E-state index is 12.2. The van der Waals surface area contributed by atoms with Gasteiger partial charge in [-0.2, -0.15) is 0 Å². The molecule has 4 aromatic rings. The van der Waals surface area contributed by atoms with Crippen molar-refractivity contribution in [3.05, 3.63) is 94.0 Å². The molecule has 4 rings (SSSR count). The van der Waals surface area contributed by atoms with Crippen molar-refractivity contribution in [1.29, 1.82) is 0 Å². The number of rotatable bonds is 7. The summed E-state index contributed by atoms with van der Waals surface area (Å²) in [7, 11) is 0. The van der Waals surface area contributed by atoms with Crippen molar-refractivity contribution in [2.75, 3.05) is 0 Å². The molecule has 0 aliphatic heterocycles. The number of para-hydroxylation sites is 1. The second kappa shape index (κ2) is 8.15. The van der Waals surface area contributed by atoms with Gasteiger partial charge in [-0.25, -0.2) is 4.79 Å². The predicted molar refractivity (Wildman–Crippen MR) is 113 cm³/mol. The second-order valence-electron chi connectivity index (χ2n) is 6.98. The largest absolute Gasteiger partial charge is 0.477 e. The summed E-state index contributed by atoms with van der Waals surface area (Å²) in [5.41, 5.74) is 2.95. The first-order chi connectivity index (χ1) is 14.0. The molecule has 2 aromatic heterocycles. The van der Waals surface area contributed by atoms with Crippen molar-refractivity contribution in [2.45, 2.75) is 26.6 Å². The van der Waals surface area contributed by atoms with Crippen LogP contribution in [0, 0.1) is 6.92 Å². The van der Waals surface area contributed by atoms with Crippen molar-refractivity contribution >= 4 is 28.5 Å². The standard InChI is InChI=1S/C23H21ClN2O3/c1-15-6-11-18(29-15)12-25-13-20-19-4-2-3-5-21(19)26(22(20)23(27)28)14-16-7-9-17(24)10-8-16/h2-11,25H,12-14H2,1H3,(H,27,28). The molecule has 148 valence electrons. The van der Waals surface area contributed by atoms with Gasteiger partial charge in [-0.3, -0.25) is 0 Å². The zero-order valence-electron chi connectivity index (χ0n) is 16.0. The molecular weight excluding hydrogens is 388 g/mol. The normalized spacial score (nSPS) is 11.2. The monoisotopic (exact) mass is 408 g/mol. The molecule has 0 spiro atoms. The molecule has 0 amide bonds. The average molecular weight is 409 g/mol. The van der Waals surface area contributed by atoms with Gasteiger partial charge in [0.15, 0.2) is 0 Å². The number of aryl methyl sites for hydroxylation is 1. The third-order valence-electron chi connectivity index (χ3n) is 4.93. The van der Waals surface area contributed by atoms with Gasteiger partial charge in [0, 0.05) is 34.6 Å². The maximum atomic E-state index is 12.2. The van der Waals surface area contributed by atoms with E-state index in [1.54, 1.807) is 0 Å². The van der Waals surface area contributed by atoms with Crippen molar-refractivity contribution in [3.8, 4) is 0 Å². The lowest BCUT2D eigenvalue weighted by atomic mass is 10.1. The number of carboxylic acids is 1. The van der Waals surface area contributed by atoms with Crippen LogP contribution in [0.4, 0.5) is 0 Å². The van der Waals surface area contributed by atoms with Crippen molar-refractivity contribution in [3.63, 3.8) is 0 Å². The van der Waals surface area contributed by atoms with E-state index in [0.717, 1.165) is 33.6 Å². The van der Waals surface area contributed by atoms with Crippen LogP contribution in [0.2, 0.25) is 5.02 Å². The SMILES string of the molecule is Cc1ccc(CNCc2c(C(=O)O)n(Cc3ccc(Cl)cc3)c3ccccc23)o1. The van der Waals surface area contributed by atoms with Crippen molar-refractivity contribution < 1.29 is 14.3 Å². The molecule has 0 unspecified atom stereocenters. The van der Waals surface area contributed by atoms with E-state index >= 15 is 0 Å². The fourth-order valence-electron chi connectivity index (χ4n) is 3.63. The van der Waals surface area contributed by atoms with Crippen LogP contribution in [0.25, 0.3) is 10.9 Å². The number of carbonyl (C=O) groups is 1. The number of benzene rings is 2. The minimum atomic E-state index is -0.944. The van der Waals surface area contributed by atoms with E-state index in [1.807, 2.05) is 72.2 Å². The first kappa shape index (κ1) is 19.3. The second-order valence-corrected chi connectivity index (χ2v) is 7.41. The summed E-state index contributed by atoms with van der Waals surface area (Å²) in [5, 5.41) is 14.9. The van der Waals surface area contributed by atoms with Gasteiger partial charge in [0.25, 0.3) is 0 Å². The molecule has 0 saturated carbocycles. The highest BCUT2D eigenvalue weighted by molar-refractivity contribution is 6.30. The van der Waals surface area contributed by atoms with Crippen LogP contribution < -0.4 is 5.32 Å². The first-order valence-electron chi connectivity index (χ1n) is 9.37. The van der Waals surface area contributed by atoms with E-state index in [1.165, 1.54) is 0 Å². The molecule has 0 saturated heterocycles. The highest BCUT2D eigenvalue weighted by Crippen LogP contribution is 2.28. The van der Waals surface area contributed by atoms with E-state index in [2.05, 4.69) is 5.32 Å². The lowest BCUT2D eigenvalue weighted by molar-refractivity contribution is 0.0685. The third kappa shape index (κ3) is 4.06. The molecule has 2 N–H and O–H groups in total. The summed E-state index contributed by atoms with van der Waals surface area (Å²) in [6.07, 6.45) is 0. The molecular formula is C23H21ClN2O3. The fourth-order valence-corrected chi connectivity index (χ4v) is 3.75. The number of hydrogen-bond acceptors (Lipinski definition) is 3. The third-order valence-corrected chi connectivity index (χ3v) is 5.18. The van der Waals surface area contributed by atoms with Crippen LogP contribution in [0.15, 0.2) is 65.1 Å². The Morgan fingerprint density at radius 2 is 1.83 bits per heavy atom. The lowest BCUT2D eigenvalue weighted by Crippen LogP contribution is -2.17. The van der Waals surface area contributed by atoms with Crippen LogP contribution in [0.5, 0.6) is 0 Å². The zero-order valence-corrected chi connectivity index (χ0v) is 16.7. The number of fused-ring (bicyclic) bond motifs is 1. The molecule has 0 aliphatic carbocycles. The van der Waals surface area contributed by atoms with Crippen molar-refractivity contribution in [1.82, 2.24) is 9.88 Å². The predicted octanol–water partition coefficient (Wildman–Crippen LogP) is 5.23. The van der Waals surface area contributed by atoms with E-state index in [0.29, 0.717) is 30.4 Å². The Labute approximate surface area is 173 Å². The smallest absolute Gasteiger partial charge is 0.352 e. The van der Waals surface area contributed by atoms with E-state index in [9.17, 15) is 9.90 Å². The minimum Gasteiger partial charge on any atom is -0.477 e. The summed E-state index contributed by atoms with van der Waals surface area (Å²) < 4.78 is 7.44. The van der Waals surface area contributed by atoms with Gasteiger partial charge in [-0.15, -0.1) is 0 Å². The molecule has 5 nitrogen and oxygen atoms in total. The van der Waals surface area contributed by atoms with Crippen LogP contribution in [-0.4, -0.2) is 15.6 Å². The van der Waals surface area contributed by atoms with Gasteiger partial charge in [-0.1, -0.05) is 41.9 Å². The Morgan fingerprint density at radius 1 is 1.07 bits per heavy atom. The summed E-state index contributed by atoms with van der Waals surface area (Å²) in [5.74, 6) is 0.734. The fraction of sp³-hybridized carbons (Fsp3) is 0.174. The van der Waals surface area contributed by atoms with Gasteiger partial charge in [0.05, 0.1) is 6.54 Å². The molecule has 0 fully saturated rings. The summed E-state index contributed by atoms with van der Waals surface area (Å²) in [6, 6.07) is 19.1. The zero-order chi connectivity index (χ0) is 20.4. The van der Waals surface area contributed by atoms with Gasteiger partial charge in [-0.05, 0) is 42.8 Å². The number of nitrogens with zero attached hydrogens (tertiary/aromatic N) is 1. The van der Waals surface area contributed by atoms with Crippen LogP contribution in [0.1, 0.15) is 33.1 Å². The average Bonchev–Trinajstić information content (AvgIpc) is 3.25. The van der Waals surface area contributed by atoms with E-state index in [-0.39, 0.29) is 0 Å². The Morgan fingerprint density at radius 3 is 2.52 bits per heavy atom. The molecule has 2 heterocycles. The van der Waals surface area contributed by atoms with E-state index < -0.39 is 5.97 Å². The Balaban J connectivity index is 1.70. The molecule has 0 bridgehead atoms. The Kier molecular flexibility index (Phi) is 5.43. The Bertz CT molecular complexity index is 1160. The van der Waals surface area contributed by atoms with Gasteiger partial charge >= 0.3 is 5.97 Å². The number of nitrogens with one attached hydrogen (secondary N) is 1. The number of aromatic carboxylic acids is 1. The topological polar surface area (TPSA) is 67.4 Å². The highest BCUT2D eigenvalue weighted by atomic mass is 35.5. The van der Waals surface area contributed by atoms with Crippen LogP contribution in [-0.2, 0) is 19.6 Å². The summed E-state index contributed by atoms with van der Waals surface area (Å²) >= 11 is 5.99. The number of carboxylic acid groups (broad SMARTS) is 1.